The molecule has 0 radical (unpaired) electrons. The van der Waals surface area contributed by atoms with Crippen molar-refractivity contribution in [2.75, 3.05) is 59.6 Å². The lowest BCUT2D eigenvalue weighted by Crippen LogP contribution is -2.44. The van der Waals surface area contributed by atoms with Crippen LogP contribution in [0, 0.1) is 5.92 Å². The molecule has 3 fully saturated rings. The number of carbonyl (C=O) groups excluding carboxylic acids is 1. The predicted molar refractivity (Wildman–Crippen MR) is 144 cm³/mol. The molecule has 4 rings (SSSR count). The van der Waals surface area contributed by atoms with E-state index in [2.05, 4.69) is 4.90 Å². The van der Waals surface area contributed by atoms with Gasteiger partial charge >= 0.3 is 0 Å². The third-order valence-electron chi connectivity index (χ3n) is 8.33. The van der Waals surface area contributed by atoms with Gasteiger partial charge in [-0.3, -0.25) is 4.79 Å². The van der Waals surface area contributed by atoms with Gasteiger partial charge in [-0.05, 0) is 101 Å². The van der Waals surface area contributed by atoms with Crippen molar-refractivity contribution in [2.45, 2.75) is 75.1 Å². The van der Waals surface area contributed by atoms with Crippen molar-refractivity contribution in [3.05, 3.63) is 24.3 Å². The van der Waals surface area contributed by atoms with Crippen LogP contribution in [-0.2, 0) is 19.6 Å². The molecule has 9 heteroatoms. The maximum atomic E-state index is 13.3. The van der Waals surface area contributed by atoms with Crippen LogP contribution in [0.1, 0.15) is 64.2 Å². The van der Waals surface area contributed by atoms with Gasteiger partial charge in [0.25, 0.3) is 0 Å². The number of piperidine rings is 3. The third-order valence-corrected chi connectivity index (χ3v) is 10.3. The van der Waals surface area contributed by atoms with Gasteiger partial charge in [-0.2, -0.15) is 4.31 Å². The molecule has 0 aromatic heterocycles. The molecule has 8 nitrogen and oxygen atoms in total. The summed E-state index contributed by atoms with van der Waals surface area (Å²) in [5.74, 6) is 1.41. The van der Waals surface area contributed by atoms with E-state index in [4.69, 9.17) is 9.47 Å². The first kappa shape index (κ1) is 28.3. The van der Waals surface area contributed by atoms with Crippen LogP contribution in [0.5, 0.6) is 5.75 Å². The third kappa shape index (κ3) is 7.91. The zero-order valence-electron chi connectivity index (χ0n) is 22.5. The van der Waals surface area contributed by atoms with E-state index in [0.717, 1.165) is 51.1 Å². The molecule has 0 saturated carbocycles. The van der Waals surface area contributed by atoms with Crippen LogP contribution < -0.4 is 4.74 Å². The molecule has 1 aromatic rings. The summed E-state index contributed by atoms with van der Waals surface area (Å²) < 4.78 is 39.1. The van der Waals surface area contributed by atoms with E-state index in [0.29, 0.717) is 25.3 Å². The highest BCUT2D eigenvalue weighted by Crippen LogP contribution is 2.28. The number of rotatable bonds is 11. The largest absolute Gasteiger partial charge is 0.497 e. The van der Waals surface area contributed by atoms with Crippen molar-refractivity contribution in [1.29, 1.82) is 0 Å². The predicted octanol–water partition coefficient (Wildman–Crippen LogP) is 3.76. The van der Waals surface area contributed by atoms with Crippen LogP contribution in [0.25, 0.3) is 0 Å². The SMILES string of the molecule is COc1ccc(S(=O)(=O)N2CCCCC2CCOCC(=O)N2CCC(CCN3CCCCC3)CC2)cc1. The summed E-state index contributed by atoms with van der Waals surface area (Å²) in [6.45, 7) is 6.33. The first-order valence-electron chi connectivity index (χ1n) is 14.2. The minimum atomic E-state index is -3.58. The molecule has 1 aromatic carbocycles. The van der Waals surface area contributed by atoms with Gasteiger partial charge in [0.15, 0.2) is 0 Å². The van der Waals surface area contributed by atoms with Crippen molar-refractivity contribution in [3.63, 3.8) is 0 Å². The molecule has 0 N–H and O–H groups in total. The Bertz CT molecular complexity index is 941. The van der Waals surface area contributed by atoms with Crippen LogP contribution in [0.4, 0.5) is 0 Å². The van der Waals surface area contributed by atoms with Crippen LogP contribution >= 0.6 is 0 Å². The van der Waals surface area contributed by atoms with E-state index in [-0.39, 0.29) is 23.5 Å². The molecule has 0 bridgehead atoms. The normalized spacial score (nSPS) is 22.7. The van der Waals surface area contributed by atoms with Crippen LogP contribution in [0.3, 0.4) is 0 Å². The quantitative estimate of drug-likeness (QED) is 0.402. The van der Waals surface area contributed by atoms with Gasteiger partial charge in [-0.15, -0.1) is 0 Å². The smallest absolute Gasteiger partial charge is 0.248 e. The number of likely N-dealkylation sites (tertiary alicyclic amines) is 2. The van der Waals surface area contributed by atoms with Crippen molar-refractivity contribution in [1.82, 2.24) is 14.1 Å². The summed E-state index contributed by atoms with van der Waals surface area (Å²) in [6, 6.07) is 6.46. The lowest BCUT2D eigenvalue weighted by molar-refractivity contribution is -0.137. The van der Waals surface area contributed by atoms with Crippen molar-refractivity contribution in [3.8, 4) is 5.75 Å². The Hall–Kier alpha value is -1.68. The minimum Gasteiger partial charge on any atom is -0.497 e. The topological polar surface area (TPSA) is 79.4 Å². The molecule has 37 heavy (non-hydrogen) atoms. The van der Waals surface area contributed by atoms with Gasteiger partial charge in [0.05, 0.1) is 12.0 Å². The summed E-state index contributed by atoms with van der Waals surface area (Å²) in [6.07, 6.45) is 10.7. The number of ether oxygens (including phenoxy) is 2. The first-order chi connectivity index (χ1) is 18.0. The molecule has 1 unspecified atom stereocenters. The number of carbonyl (C=O) groups is 1. The first-order valence-corrected chi connectivity index (χ1v) is 15.6. The number of methoxy groups -OCH3 is 1. The molecular formula is C28H45N3O5S. The van der Waals surface area contributed by atoms with E-state index in [1.165, 1.54) is 45.3 Å². The molecular weight excluding hydrogens is 490 g/mol. The molecule has 1 amide bonds. The highest BCUT2D eigenvalue weighted by molar-refractivity contribution is 7.89. The maximum Gasteiger partial charge on any atom is 0.248 e. The molecule has 3 heterocycles. The van der Waals surface area contributed by atoms with Gasteiger partial charge in [-0.1, -0.05) is 12.8 Å². The Morgan fingerprint density at radius 2 is 1.59 bits per heavy atom. The van der Waals surface area contributed by atoms with E-state index in [9.17, 15) is 13.2 Å². The summed E-state index contributed by atoms with van der Waals surface area (Å²) in [5, 5.41) is 0. The monoisotopic (exact) mass is 535 g/mol. The highest BCUT2D eigenvalue weighted by Gasteiger charge is 2.33. The lowest BCUT2D eigenvalue weighted by Gasteiger charge is -2.35. The van der Waals surface area contributed by atoms with E-state index in [1.807, 2.05) is 4.90 Å². The number of sulfonamides is 1. The maximum absolute atomic E-state index is 13.3. The number of hydrogen-bond donors (Lipinski definition) is 0. The number of amides is 1. The van der Waals surface area contributed by atoms with Gasteiger partial charge in [0, 0.05) is 32.3 Å². The molecule has 3 saturated heterocycles. The molecule has 0 aliphatic carbocycles. The Kier molecular flexibility index (Phi) is 10.7. The zero-order chi connectivity index (χ0) is 26.1. The van der Waals surface area contributed by atoms with Gasteiger partial charge in [-0.25, -0.2) is 8.42 Å². The van der Waals surface area contributed by atoms with E-state index >= 15 is 0 Å². The fourth-order valence-electron chi connectivity index (χ4n) is 5.95. The zero-order valence-corrected chi connectivity index (χ0v) is 23.3. The second-order valence-electron chi connectivity index (χ2n) is 10.8. The lowest BCUT2D eigenvalue weighted by atomic mass is 9.93. The second-order valence-corrected chi connectivity index (χ2v) is 12.7. The summed E-state index contributed by atoms with van der Waals surface area (Å²) in [7, 11) is -2.02. The van der Waals surface area contributed by atoms with Crippen LogP contribution in [-0.4, -0.2) is 94.1 Å². The van der Waals surface area contributed by atoms with Gasteiger partial charge < -0.3 is 19.3 Å². The number of benzene rings is 1. The summed E-state index contributed by atoms with van der Waals surface area (Å²) >= 11 is 0. The van der Waals surface area contributed by atoms with Crippen molar-refractivity contribution < 1.29 is 22.7 Å². The molecule has 3 aliphatic heterocycles. The average Bonchev–Trinajstić information content (AvgIpc) is 2.95. The summed E-state index contributed by atoms with van der Waals surface area (Å²) in [5.41, 5.74) is 0. The fourth-order valence-corrected chi connectivity index (χ4v) is 7.67. The number of nitrogens with zero attached hydrogens (tertiary/aromatic N) is 3. The average molecular weight is 536 g/mol. The summed E-state index contributed by atoms with van der Waals surface area (Å²) in [4.78, 5) is 17.5. The Morgan fingerprint density at radius 1 is 0.892 bits per heavy atom. The van der Waals surface area contributed by atoms with E-state index in [1.54, 1.807) is 35.7 Å². The second kappa shape index (κ2) is 13.9. The van der Waals surface area contributed by atoms with Crippen molar-refractivity contribution >= 4 is 15.9 Å². The Labute approximate surface area is 223 Å². The van der Waals surface area contributed by atoms with Crippen LogP contribution in [0.15, 0.2) is 29.2 Å². The standard InChI is InChI=1S/C28H45N3O5S/c1-35-26-8-10-27(11-9-26)37(33,34)31-18-6-3-7-25(31)15-22-36-23-28(32)30-20-13-24(14-21-30)12-19-29-16-4-2-5-17-29/h8-11,24-25H,2-7,12-23H2,1H3. The molecule has 0 spiro atoms. The minimum absolute atomic E-state index is 0.0563. The van der Waals surface area contributed by atoms with Gasteiger partial charge in [0.1, 0.15) is 12.4 Å². The molecule has 3 aliphatic rings. The number of hydrogen-bond acceptors (Lipinski definition) is 6. The molecule has 208 valence electrons. The molecule has 1 atom stereocenters. The van der Waals surface area contributed by atoms with Crippen LogP contribution in [0.2, 0.25) is 0 Å². The highest BCUT2D eigenvalue weighted by atomic mass is 32.2. The Morgan fingerprint density at radius 3 is 2.30 bits per heavy atom. The Balaban J connectivity index is 1.17. The van der Waals surface area contributed by atoms with E-state index < -0.39 is 10.0 Å². The van der Waals surface area contributed by atoms with Gasteiger partial charge in [0.2, 0.25) is 15.9 Å². The fraction of sp³-hybridized carbons (Fsp3) is 0.750. The van der Waals surface area contributed by atoms with Crippen molar-refractivity contribution in [2.24, 2.45) is 5.92 Å².